The Morgan fingerprint density at radius 1 is 0.826 bits per heavy atom. The van der Waals surface area contributed by atoms with Crippen LogP contribution >= 0.6 is 0 Å². The lowest BCUT2D eigenvalue weighted by molar-refractivity contribution is -0.162. The Morgan fingerprint density at radius 2 is 1.48 bits per heavy atom. The van der Waals surface area contributed by atoms with Gasteiger partial charge in [0, 0.05) is 38.9 Å². The van der Waals surface area contributed by atoms with Crippen molar-refractivity contribution in [3.8, 4) is 23.7 Å². The second-order valence-electron chi connectivity index (χ2n) is 6.14. The zero-order chi connectivity index (χ0) is 16.4. The predicted molar refractivity (Wildman–Crippen MR) is 96.9 cm³/mol. The summed E-state index contributed by atoms with van der Waals surface area (Å²) in [5.41, 5.74) is 0. The smallest absolute Gasteiger partial charge is 0.157 e. The van der Waals surface area contributed by atoms with Gasteiger partial charge in [0.1, 0.15) is 0 Å². The van der Waals surface area contributed by atoms with E-state index in [1.54, 1.807) is 0 Å². The molecule has 0 aliphatic carbocycles. The van der Waals surface area contributed by atoms with Gasteiger partial charge in [-0.2, -0.15) is 0 Å². The van der Waals surface area contributed by atoms with Crippen LogP contribution in [-0.4, -0.2) is 19.5 Å². The number of rotatable bonds is 10. The third kappa shape index (κ3) is 13.2. The molecule has 2 heteroatoms. The van der Waals surface area contributed by atoms with Crippen molar-refractivity contribution in [2.45, 2.75) is 96.7 Å². The molecule has 1 atom stereocenters. The standard InChI is InChI=1S/C21H34O2/c1-2-3-4-5-6-7-8-9-10-11-12-13-14-16-19-22-21-18-15-17-20-23-21/h21H,2-3,6-9,12-20H2,1H3. The molecule has 0 saturated carbocycles. The van der Waals surface area contributed by atoms with Crippen molar-refractivity contribution in [1.29, 1.82) is 0 Å². The van der Waals surface area contributed by atoms with Crippen molar-refractivity contribution < 1.29 is 9.47 Å². The molecule has 0 spiro atoms. The maximum atomic E-state index is 5.72. The van der Waals surface area contributed by atoms with Crippen LogP contribution in [0.25, 0.3) is 0 Å². The minimum Gasteiger partial charge on any atom is -0.353 e. The Balaban J connectivity index is 1.79. The minimum absolute atomic E-state index is 0.0650. The molecule has 0 bridgehead atoms. The van der Waals surface area contributed by atoms with Crippen molar-refractivity contribution in [3.63, 3.8) is 0 Å². The van der Waals surface area contributed by atoms with Gasteiger partial charge < -0.3 is 9.47 Å². The molecule has 0 aromatic rings. The average molecular weight is 319 g/mol. The quantitative estimate of drug-likeness (QED) is 0.393. The van der Waals surface area contributed by atoms with Gasteiger partial charge in [0.2, 0.25) is 0 Å². The summed E-state index contributed by atoms with van der Waals surface area (Å²) in [5.74, 6) is 13.0. The van der Waals surface area contributed by atoms with Gasteiger partial charge in [-0.1, -0.05) is 13.3 Å². The summed E-state index contributed by atoms with van der Waals surface area (Å²) in [6.45, 7) is 3.87. The van der Waals surface area contributed by atoms with Crippen LogP contribution in [0.3, 0.4) is 0 Å². The molecule has 0 aromatic carbocycles. The second kappa shape index (κ2) is 15.9. The molecule has 1 aliphatic rings. The fourth-order valence-electron chi connectivity index (χ4n) is 2.45. The van der Waals surface area contributed by atoms with Crippen molar-refractivity contribution >= 4 is 0 Å². The first-order valence-electron chi connectivity index (χ1n) is 9.58. The van der Waals surface area contributed by atoms with Crippen LogP contribution < -0.4 is 0 Å². The molecular formula is C21H34O2. The Morgan fingerprint density at radius 3 is 2.09 bits per heavy atom. The summed E-state index contributed by atoms with van der Waals surface area (Å²) in [7, 11) is 0. The van der Waals surface area contributed by atoms with E-state index < -0.39 is 0 Å². The monoisotopic (exact) mass is 318 g/mol. The Bertz CT molecular complexity index is 374. The molecule has 0 amide bonds. The van der Waals surface area contributed by atoms with E-state index in [1.165, 1.54) is 44.9 Å². The van der Waals surface area contributed by atoms with Crippen molar-refractivity contribution in [1.82, 2.24) is 0 Å². The van der Waals surface area contributed by atoms with Crippen LogP contribution in [-0.2, 0) is 9.47 Å². The first-order chi connectivity index (χ1) is 11.4. The lowest BCUT2D eigenvalue weighted by atomic mass is 10.1. The van der Waals surface area contributed by atoms with Crippen LogP contribution in [0.2, 0.25) is 0 Å². The molecule has 1 saturated heterocycles. The van der Waals surface area contributed by atoms with Crippen LogP contribution in [0.4, 0.5) is 0 Å². The van der Waals surface area contributed by atoms with Gasteiger partial charge in [0.15, 0.2) is 6.29 Å². The normalized spacial score (nSPS) is 17.0. The summed E-state index contributed by atoms with van der Waals surface area (Å²) < 4.78 is 11.3. The van der Waals surface area contributed by atoms with Crippen molar-refractivity contribution in [2.24, 2.45) is 0 Å². The van der Waals surface area contributed by atoms with Gasteiger partial charge in [-0.15, -0.1) is 23.7 Å². The molecule has 2 nitrogen and oxygen atoms in total. The molecule has 1 heterocycles. The third-order valence-electron chi connectivity index (χ3n) is 3.87. The minimum atomic E-state index is 0.0650. The Kier molecular flexibility index (Phi) is 13.9. The third-order valence-corrected chi connectivity index (χ3v) is 3.87. The Hall–Kier alpha value is -0.960. The fourth-order valence-corrected chi connectivity index (χ4v) is 2.45. The van der Waals surface area contributed by atoms with Crippen LogP contribution in [0.1, 0.15) is 90.4 Å². The average Bonchev–Trinajstić information content (AvgIpc) is 2.59. The molecule has 0 radical (unpaired) electrons. The highest BCUT2D eigenvalue weighted by molar-refractivity contribution is 5.00. The molecule has 130 valence electrons. The molecule has 23 heavy (non-hydrogen) atoms. The predicted octanol–water partition coefficient (Wildman–Crippen LogP) is 5.46. The highest BCUT2D eigenvalue weighted by atomic mass is 16.7. The lowest BCUT2D eigenvalue weighted by Gasteiger charge is -2.22. The van der Waals surface area contributed by atoms with Crippen LogP contribution in [0.5, 0.6) is 0 Å². The zero-order valence-corrected chi connectivity index (χ0v) is 15.0. The van der Waals surface area contributed by atoms with E-state index in [2.05, 4.69) is 30.6 Å². The topological polar surface area (TPSA) is 18.5 Å². The van der Waals surface area contributed by atoms with E-state index >= 15 is 0 Å². The van der Waals surface area contributed by atoms with Crippen molar-refractivity contribution in [2.75, 3.05) is 13.2 Å². The van der Waals surface area contributed by atoms with E-state index in [0.29, 0.717) is 0 Å². The molecule has 1 rings (SSSR count). The molecular weight excluding hydrogens is 284 g/mol. The molecule has 0 N–H and O–H groups in total. The maximum absolute atomic E-state index is 5.72. The fraction of sp³-hybridized carbons (Fsp3) is 0.810. The molecule has 0 aromatic heterocycles. The van der Waals surface area contributed by atoms with Crippen molar-refractivity contribution in [3.05, 3.63) is 0 Å². The Labute approximate surface area is 143 Å². The van der Waals surface area contributed by atoms with Crippen LogP contribution in [0.15, 0.2) is 0 Å². The SMILES string of the molecule is CCCC#CCCCCC#CCCCCCOC1CCCCO1. The number of hydrogen-bond donors (Lipinski definition) is 0. The summed E-state index contributed by atoms with van der Waals surface area (Å²) in [6, 6.07) is 0. The van der Waals surface area contributed by atoms with Gasteiger partial charge in [0.05, 0.1) is 0 Å². The molecule has 1 unspecified atom stereocenters. The number of unbranched alkanes of at least 4 members (excludes halogenated alkanes) is 7. The summed E-state index contributed by atoms with van der Waals surface area (Å²) in [4.78, 5) is 0. The van der Waals surface area contributed by atoms with Gasteiger partial charge in [-0.25, -0.2) is 0 Å². The van der Waals surface area contributed by atoms with E-state index in [1.807, 2.05) is 0 Å². The highest BCUT2D eigenvalue weighted by Gasteiger charge is 2.12. The zero-order valence-electron chi connectivity index (χ0n) is 15.0. The summed E-state index contributed by atoms with van der Waals surface area (Å²) in [5, 5.41) is 0. The van der Waals surface area contributed by atoms with E-state index in [9.17, 15) is 0 Å². The molecule has 1 fully saturated rings. The van der Waals surface area contributed by atoms with Gasteiger partial charge in [-0.3, -0.25) is 0 Å². The maximum Gasteiger partial charge on any atom is 0.157 e. The highest BCUT2D eigenvalue weighted by Crippen LogP contribution is 2.14. The first kappa shape index (κ1) is 20.1. The first-order valence-corrected chi connectivity index (χ1v) is 9.58. The van der Waals surface area contributed by atoms with Gasteiger partial charge in [-0.05, 0) is 51.4 Å². The summed E-state index contributed by atoms with van der Waals surface area (Å²) >= 11 is 0. The van der Waals surface area contributed by atoms with Crippen LogP contribution in [0, 0.1) is 23.7 Å². The lowest BCUT2D eigenvalue weighted by Crippen LogP contribution is -2.22. The van der Waals surface area contributed by atoms with Gasteiger partial charge >= 0.3 is 0 Å². The number of ether oxygens (including phenoxy) is 2. The largest absolute Gasteiger partial charge is 0.353 e. The summed E-state index contributed by atoms with van der Waals surface area (Å²) in [6.07, 6.45) is 14.7. The molecule has 1 aliphatic heterocycles. The van der Waals surface area contributed by atoms with E-state index in [-0.39, 0.29) is 6.29 Å². The number of hydrogen-bond acceptors (Lipinski definition) is 2. The second-order valence-corrected chi connectivity index (χ2v) is 6.14. The van der Waals surface area contributed by atoms with E-state index in [0.717, 1.165) is 51.7 Å². The van der Waals surface area contributed by atoms with E-state index in [4.69, 9.17) is 9.47 Å². The van der Waals surface area contributed by atoms with Gasteiger partial charge in [0.25, 0.3) is 0 Å².